The van der Waals surface area contributed by atoms with E-state index in [2.05, 4.69) is 9.73 Å². The van der Waals surface area contributed by atoms with Crippen LogP contribution in [0.25, 0.3) is 0 Å². The second kappa shape index (κ2) is 6.16. The summed E-state index contributed by atoms with van der Waals surface area (Å²) >= 11 is 0. The minimum absolute atomic E-state index is 0. The minimum atomic E-state index is -4.52. The number of ether oxygens (including phenoxy) is 1. The predicted octanol–water partition coefficient (Wildman–Crippen LogP) is 2.48. The van der Waals surface area contributed by atoms with Crippen molar-refractivity contribution < 1.29 is 22.7 Å². The maximum absolute atomic E-state index is 11.7. The maximum atomic E-state index is 11.7. The van der Waals surface area contributed by atoms with Crippen molar-refractivity contribution in [3.63, 3.8) is 0 Å². The van der Waals surface area contributed by atoms with Crippen molar-refractivity contribution in [2.75, 3.05) is 6.61 Å². The Kier molecular flexibility index (Phi) is 5.59. The second-order valence-corrected chi connectivity index (χ2v) is 2.51. The Morgan fingerprint density at radius 2 is 2.06 bits per heavy atom. The molecule has 0 spiro atoms. The third-order valence-electron chi connectivity index (χ3n) is 1.30. The van der Waals surface area contributed by atoms with Crippen LogP contribution in [0.3, 0.4) is 0 Å². The fourth-order valence-electron chi connectivity index (χ4n) is 0.730. The Hall–Kier alpha value is -1.50. The molecule has 0 aromatic heterocycles. The zero-order valence-corrected chi connectivity index (χ0v) is 8.66. The summed E-state index contributed by atoms with van der Waals surface area (Å²) in [5, 5.41) is 0. The van der Waals surface area contributed by atoms with Crippen LogP contribution in [0.5, 0.6) is 0 Å². The molecule has 0 N–H and O–H groups in total. The fourth-order valence-corrected chi connectivity index (χ4v) is 0.730. The van der Waals surface area contributed by atoms with Gasteiger partial charge in [-0.2, -0.15) is 13.2 Å². The minimum Gasteiger partial charge on any atom is -0.439 e. The van der Waals surface area contributed by atoms with Crippen molar-refractivity contribution in [2.24, 2.45) is 4.99 Å². The first-order valence-corrected chi connectivity index (χ1v) is 3.87. The molecule has 0 aromatic carbocycles. The molecule has 0 saturated heterocycles. The summed E-state index contributed by atoms with van der Waals surface area (Å²) in [7, 11) is 0. The molecule has 1 amide bonds. The average molecular weight is 257 g/mol. The van der Waals surface area contributed by atoms with Crippen LogP contribution in [0.4, 0.5) is 18.0 Å². The number of carbonyl (C=O) groups excluding carboxylic acids is 1. The fraction of sp³-hybridized carbons (Fsp3) is 0.250. The maximum Gasteiger partial charge on any atom is 0.422 e. The van der Waals surface area contributed by atoms with Crippen molar-refractivity contribution in [1.29, 1.82) is 0 Å². The molecule has 1 aliphatic rings. The van der Waals surface area contributed by atoms with E-state index in [0.29, 0.717) is 0 Å². The Balaban J connectivity index is 0.00000225. The van der Waals surface area contributed by atoms with E-state index < -0.39 is 18.9 Å². The number of aliphatic imine (C=N–C) groups is 1. The van der Waals surface area contributed by atoms with E-state index in [1.54, 1.807) is 0 Å². The molecule has 8 heteroatoms. The van der Waals surface area contributed by atoms with E-state index in [-0.39, 0.29) is 12.4 Å². The van der Waals surface area contributed by atoms with Gasteiger partial charge in [-0.1, -0.05) is 0 Å². The first-order valence-electron chi connectivity index (χ1n) is 3.87. The van der Waals surface area contributed by atoms with Gasteiger partial charge in [0.25, 0.3) is 0 Å². The van der Waals surface area contributed by atoms with Crippen LogP contribution in [0.1, 0.15) is 0 Å². The largest absolute Gasteiger partial charge is 0.439 e. The van der Waals surface area contributed by atoms with Crippen LogP contribution in [0.15, 0.2) is 29.7 Å². The zero-order valence-electron chi connectivity index (χ0n) is 7.85. The quantitative estimate of drug-likeness (QED) is 0.723. The number of carbonyl (C=O) groups is 1. The molecule has 16 heavy (non-hydrogen) atoms. The molecular formula is C8H8ClF3N2O2. The van der Waals surface area contributed by atoms with E-state index in [9.17, 15) is 18.0 Å². The predicted molar refractivity (Wildman–Crippen MR) is 53.3 cm³/mol. The third-order valence-corrected chi connectivity index (χ3v) is 1.30. The number of allylic oxidation sites excluding steroid dienone is 1. The summed E-state index contributed by atoms with van der Waals surface area (Å²) in [4.78, 5) is 15.6. The third kappa shape index (κ3) is 5.40. The van der Waals surface area contributed by atoms with Gasteiger partial charge < -0.3 is 4.74 Å². The molecule has 1 rings (SSSR count). The highest BCUT2D eigenvalue weighted by Crippen LogP contribution is 2.15. The lowest BCUT2D eigenvalue weighted by Crippen LogP contribution is -2.26. The summed E-state index contributed by atoms with van der Waals surface area (Å²) in [6.45, 7) is -1.61. The Morgan fingerprint density at radius 1 is 1.38 bits per heavy atom. The first kappa shape index (κ1) is 14.5. The Morgan fingerprint density at radius 3 is 2.69 bits per heavy atom. The summed E-state index contributed by atoms with van der Waals surface area (Å²) in [6, 6.07) is 0. The van der Waals surface area contributed by atoms with E-state index in [1.807, 2.05) is 0 Å². The summed E-state index contributed by atoms with van der Waals surface area (Å²) in [6.07, 6.45) is 0.845. The normalized spacial score (nSPS) is 14.3. The highest BCUT2D eigenvalue weighted by molar-refractivity contribution is 5.85. The van der Waals surface area contributed by atoms with E-state index in [0.717, 1.165) is 4.90 Å². The number of hydrogen-bond acceptors (Lipinski definition) is 3. The van der Waals surface area contributed by atoms with Crippen LogP contribution in [0, 0.1) is 0 Å². The van der Waals surface area contributed by atoms with Crippen LogP contribution < -0.4 is 0 Å². The number of halogens is 4. The van der Waals surface area contributed by atoms with Crippen LogP contribution >= 0.6 is 12.4 Å². The lowest BCUT2D eigenvalue weighted by atomic mass is 10.6. The number of alkyl halides is 3. The summed E-state index contributed by atoms with van der Waals surface area (Å²) in [5.74, 6) is 0. The molecule has 4 nitrogen and oxygen atoms in total. The van der Waals surface area contributed by atoms with E-state index in [1.165, 1.54) is 30.9 Å². The average Bonchev–Trinajstić information content (AvgIpc) is 2.41. The van der Waals surface area contributed by atoms with Gasteiger partial charge in [0.1, 0.15) is 0 Å². The molecule has 0 unspecified atom stereocenters. The second-order valence-electron chi connectivity index (χ2n) is 2.51. The number of rotatable bonds is 1. The van der Waals surface area contributed by atoms with Gasteiger partial charge in [0.15, 0.2) is 6.61 Å². The van der Waals surface area contributed by atoms with Gasteiger partial charge in [0.05, 0.1) is 0 Å². The Bertz CT molecular complexity index is 310. The van der Waals surface area contributed by atoms with Gasteiger partial charge >= 0.3 is 12.3 Å². The van der Waals surface area contributed by atoms with Crippen molar-refractivity contribution in [3.05, 3.63) is 24.7 Å². The van der Waals surface area contributed by atoms with Crippen molar-refractivity contribution in [3.8, 4) is 0 Å². The van der Waals surface area contributed by atoms with Crippen molar-refractivity contribution in [1.82, 2.24) is 4.90 Å². The molecule has 0 radical (unpaired) electrons. The SMILES string of the molecule is Cl.O=C(OCC(F)(F)F)N1C=CC=NC=C1. The van der Waals surface area contributed by atoms with Gasteiger partial charge in [0.2, 0.25) is 0 Å². The molecule has 0 saturated carbocycles. The highest BCUT2D eigenvalue weighted by Gasteiger charge is 2.30. The van der Waals surface area contributed by atoms with Crippen LogP contribution in [0.2, 0.25) is 0 Å². The molecule has 90 valence electrons. The van der Waals surface area contributed by atoms with Gasteiger partial charge in [-0.15, -0.1) is 12.4 Å². The topological polar surface area (TPSA) is 41.9 Å². The lowest BCUT2D eigenvalue weighted by molar-refractivity contribution is -0.161. The molecule has 0 bridgehead atoms. The molecule has 1 aliphatic heterocycles. The molecule has 0 aromatic rings. The number of amides is 1. The highest BCUT2D eigenvalue weighted by atomic mass is 35.5. The molecule has 0 fully saturated rings. The van der Waals surface area contributed by atoms with E-state index in [4.69, 9.17) is 0 Å². The molecule has 0 aliphatic carbocycles. The lowest BCUT2D eigenvalue weighted by Gasteiger charge is -2.13. The molecule has 0 atom stereocenters. The van der Waals surface area contributed by atoms with Gasteiger partial charge in [-0.3, -0.25) is 9.89 Å². The standard InChI is InChI=1S/C8H7F3N2O2.ClH/c9-8(10,11)6-15-7(14)13-4-1-2-12-3-5-13;/h1-5H,6H2;1H. The van der Waals surface area contributed by atoms with Crippen molar-refractivity contribution >= 4 is 24.7 Å². The molecule has 1 heterocycles. The monoisotopic (exact) mass is 256 g/mol. The van der Waals surface area contributed by atoms with Gasteiger partial charge in [-0.25, -0.2) is 4.79 Å². The van der Waals surface area contributed by atoms with Gasteiger partial charge in [0, 0.05) is 24.8 Å². The van der Waals surface area contributed by atoms with E-state index >= 15 is 0 Å². The zero-order chi connectivity index (χ0) is 11.3. The number of nitrogens with zero attached hydrogens (tertiary/aromatic N) is 2. The van der Waals surface area contributed by atoms with Crippen LogP contribution in [-0.2, 0) is 4.74 Å². The van der Waals surface area contributed by atoms with Gasteiger partial charge in [-0.05, 0) is 6.08 Å². The smallest absolute Gasteiger partial charge is 0.422 e. The number of hydrogen-bond donors (Lipinski definition) is 0. The summed E-state index contributed by atoms with van der Waals surface area (Å²) < 4.78 is 39.1. The van der Waals surface area contributed by atoms with Crippen molar-refractivity contribution in [2.45, 2.75) is 6.18 Å². The Labute approximate surface area is 95.5 Å². The first-order chi connectivity index (χ1) is 6.99. The van der Waals surface area contributed by atoms with Crippen LogP contribution in [-0.4, -0.2) is 30.0 Å². The summed E-state index contributed by atoms with van der Waals surface area (Å²) in [5.41, 5.74) is 0. The molecular weight excluding hydrogens is 249 g/mol.